The van der Waals surface area contributed by atoms with Crippen LogP contribution < -0.4 is 5.32 Å². The Morgan fingerprint density at radius 1 is 1.32 bits per heavy atom. The number of aliphatic hydroxyl groups is 1. The zero-order chi connectivity index (χ0) is 16.5. The monoisotopic (exact) mass is 305 g/mol. The van der Waals surface area contributed by atoms with Crippen molar-refractivity contribution in [2.45, 2.75) is 33.3 Å². The number of rotatable bonds is 4. The molecule has 0 saturated heterocycles. The molecule has 1 atom stereocenters. The molecule has 1 heterocycles. The summed E-state index contributed by atoms with van der Waals surface area (Å²) in [5, 5.41) is 13.1. The van der Waals surface area contributed by atoms with Crippen molar-refractivity contribution in [2.75, 3.05) is 6.54 Å². The third kappa shape index (κ3) is 3.36. The largest absolute Gasteiger partial charge is 0.466 e. The van der Waals surface area contributed by atoms with Crippen molar-refractivity contribution < 1.29 is 18.7 Å². The second-order valence-corrected chi connectivity index (χ2v) is 5.77. The Kier molecular flexibility index (Phi) is 4.37. The third-order valence-electron chi connectivity index (χ3n) is 3.58. The van der Waals surface area contributed by atoms with E-state index in [9.17, 15) is 14.3 Å². The molecule has 0 radical (unpaired) electrons. The summed E-state index contributed by atoms with van der Waals surface area (Å²) in [6.45, 7) is 6.82. The van der Waals surface area contributed by atoms with Crippen LogP contribution in [0.3, 0.4) is 0 Å². The van der Waals surface area contributed by atoms with Crippen LogP contribution in [-0.2, 0) is 5.60 Å². The quantitative estimate of drug-likeness (QED) is 0.913. The van der Waals surface area contributed by atoms with E-state index >= 15 is 0 Å². The highest BCUT2D eigenvalue weighted by atomic mass is 19.1. The highest BCUT2D eigenvalue weighted by molar-refractivity contribution is 5.94. The lowest BCUT2D eigenvalue weighted by Crippen LogP contribution is -2.39. The number of carbonyl (C=O) groups is 1. The van der Waals surface area contributed by atoms with Crippen LogP contribution in [0.2, 0.25) is 0 Å². The van der Waals surface area contributed by atoms with Crippen molar-refractivity contribution >= 4 is 5.91 Å². The number of carbonyl (C=O) groups excluding carboxylic acids is 1. The van der Waals surface area contributed by atoms with E-state index in [0.29, 0.717) is 17.1 Å². The highest BCUT2D eigenvalue weighted by Crippen LogP contribution is 2.26. The maximum Gasteiger partial charge on any atom is 0.254 e. The summed E-state index contributed by atoms with van der Waals surface area (Å²) in [6, 6.07) is 6.13. The lowest BCUT2D eigenvalue weighted by Gasteiger charge is -2.23. The van der Waals surface area contributed by atoms with Gasteiger partial charge in [0.25, 0.3) is 5.91 Å². The Labute approximate surface area is 129 Å². The molecule has 2 rings (SSSR count). The summed E-state index contributed by atoms with van der Waals surface area (Å²) in [4.78, 5) is 12.1. The molecule has 1 aromatic heterocycles. The van der Waals surface area contributed by atoms with E-state index in [0.717, 1.165) is 5.56 Å². The van der Waals surface area contributed by atoms with E-state index in [-0.39, 0.29) is 12.1 Å². The van der Waals surface area contributed by atoms with Crippen LogP contribution in [0.5, 0.6) is 0 Å². The summed E-state index contributed by atoms with van der Waals surface area (Å²) >= 11 is 0. The number of aryl methyl sites for hydroxylation is 3. The average molecular weight is 305 g/mol. The van der Waals surface area contributed by atoms with Gasteiger partial charge in [-0.05, 0) is 51.5 Å². The fourth-order valence-electron chi connectivity index (χ4n) is 2.41. The van der Waals surface area contributed by atoms with Gasteiger partial charge in [-0.2, -0.15) is 0 Å². The molecule has 0 aliphatic heterocycles. The van der Waals surface area contributed by atoms with Crippen LogP contribution in [0.4, 0.5) is 4.39 Å². The van der Waals surface area contributed by atoms with Crippen molar-refractivity contribution in [1.29, 1.82) is 0 Å². The number of halogens is 1. The smallest absolute Gasteiger partial charge is 0.254 e. The number of benzene rings is 1. The van der Waals surface area contributed by atoms with E-state index < -0.39 is 17.3 Å². The summed E-state index contributed by atoms with van der Waals surface area (Å²) in [5.41, 5.74) is 0.0142. The van der Waals surface area contributed by atoms with Crippen LogP contribution in [0.25, 0.3) is 0 Å². The molecule has 4 nitrogen and oxygen atoms in total. The second kappa shape index (κ2) is 5.93. The van der Waals surface area contributed by atoms with Gasteiger partial charge in [-0.1, -0.05) is 6.07 Å². The first-order valence-corrected chi connectivity index (χ1v) is 7.05. The molecular formula is C17H20FNO3. The SMILES string of the molecule is Cc1ccc(C(=O)NCC(C)(O)c2cc(C)oc2C)c(F)c1. The Morgan fingerprint density at radius 3 is 2.55 bits per heavy atom. The maximum absolute atomic E-state index is 13.8. The molecule has 0 spiro atoms. The van der Waals surface area contributed by atoms with Crippen LogP contribution in [-0.4, -0.2) is 17.6 Å². The van der Waals surface area contributed by atoms with Gasteiger partial charge in [0.15, 0.2) is 0 Å². The van der Waals surface area contributed by atoms with Crippen LogP contribution >= 0.6 is 0 Å². The Hall–Kier alpha value is -2.14. The fourth-order valence-corrected chi connectivity index (χ4v) is 2.41. The third-order valence-corrected chi connectivity index (χ3v) is 3.58. The van der Waals surface area contributed by atoms with Gasteiger partial charge >= 0.3 is 0 Å². The molecule has 1 amide bonds. The van der Waals surface area contributed by atoms with Crippen molar-refractivity contribution in [3.05, 3.63) is 58.3 Å². The minimum Gasteiger partial charge on any atom is -0.466 e. The van der Waals surface area contributed by atoms with Gasteiger partial charge in [0.1, 0.15) is 22.9 Å². The molecule has 0 aliphatic rings. The van der Waals surface area contributed by atoms with Crippen LogP contribution in [0.15, 0.2) is 28.7 Å². The molecule has 0 bridgehead atoms. The van der Waals surface area contributed by atoms with Crippen molar-refractivity contribution in [2.24, 2.45) is 0 Å². The molecule has 0 fully saturated rings. The van der Waals surface area contributed by atoms with E-state index in [2.05, 4.69) is 5.32 Å². The van der Waals surface area contributed by atoms with Gasteiger partial charge in [-0.15, -0.1) is 0 Å². The Bertz CT molecular complexity index is 704. The number of furan rings is 1. The number of hydrogen-bond acceptors (Lipinski definition) is 3. The van der Waals surface area contributed by atoms with E-state index in [1.54, 1.807) is 39.8 Å². The summed E-state index contributed by atoms with van der Waals surface area (Å²) in [5.74, 6) is 0.144. The number of amides is 1. The normalized spacial score (nSPS) is 13.7. The Morgan fingerprint density at radius 2 is 2.00 bits per heavy atom. The lowest BCUT2D eigenvalue weighted by molar-refractivity contribution is 0.0513. The molecular weight excluding hydrogens is 285 g/mol. The van der Waals surface area contributed by atoms with E-state index in [1.165, 1.54) is 12.1 Å². The number of nitrogens with one attached hydrogen (secondary N) is 1. The van der Waals surface area contributed by atoms with Crippen molar-refractivity contribution in [1.82, 2.24) is 5.32 Å². The predicted octanol–water partition coefficient (Wildman–Crippen LogP) is 2.98. The molecule has 22 heavy (non-hydrogen) atoms. The summed E-state index contributed by atoms with van der Waals surface area (Å²) < 4.78 is 19.2. The first kappa shape index (κ1) is 16.2. The van der Waals surface area contributed by atoms with Gasteiger partial charge in [-0.3, -0.25) is 4.79 Å². The molecule has 0 aliphatic carbocycles. The van der Waals surface area contributed by atoms with Gasteiger partial charge in [-0.25, -0.2) is 4.39 Å². The number of hydrogen-bond donors (Lipinski definition) is 2. The van der Waals surface area contributed by atoms with Gasteiger partial charge in [0.2, 0.25) is 0 Å². The molecule has 2 aromatic rings. The standard InChI is InChI=1S/C17H20FNO3/c1-10-5-6-13(15(18)7-10)16(20)19-9-17(4,21)14-8-11(2)22-12(14)3/h5-8,21H,9H2,1-4H3,(H,19,20). The molecule has 118 valence electrons. The highest BCUT2D eigenvalue weighted by Gasteiger charge is 2.28. The molecule has 1 unspecified atom stereocenters. The zero-order valence-corrected chi connectivity index (χ0v) is 13.2. The van der Waals surface area contributed by atoms with Crippen LogP contribution in [0, 0.1) is 26.6 Å². The zero-order valence-electron chi connectivity index (χ0n) is 13.2. The van der Waals surface area contributed by atoms with Crippen LogP contribution in [0.1, 0.15) is 39.9 Å². The van der Waals surface area contributed by atoms with Gasteiger partial charge in [0.05, 0.1) is 12.1 Å². The molecule has 1 aromatic carbocycles. The predicted molar refractivity (Wildman–Crippen MR) is 81.2 cm³/mol. The second-order valence-electron chi connectivity index (χ2n) is 5.77. The average Bonchev–Trinajstić information content (AvgIpc) is 2.76. The van der Waals surface area contributed by atoms with Crippen molar-refractivity contribution in [3.8, 4) is 0 Å². The van der Waals surface area contributed by atoms with E-state index in [4.69, 9.17) is 4.42 Å². The molecule has 2 N–H and O–H groups in total. The maximum atomic E-state index is 13.8. The Balaban J connectivity index is 2.11. The topological polar surface area (TPSA) is 62.5 Å². The first-order valence-electron chi connectivity index (χ1n) is 7.05. The minimum atomic E-state index is -1.29. The van der Waals surface area contributed by atoms with Crippen molar-refractivity contribution in [3.63, 3.8) is 0 Å². The summed E-state index contributed by atoms with van der Waals surface area (Å²) in [6.07, 6.45) is 0. The molecule has 0 saturated carbocycles. The fraction of sp³-hybridized carbons (Fsp3) is 0.353. The van der Waals surface area contributed by atoms with Gasteiger partial charge < -0.3 is 14.8 Å². The molecule has 5 heteroatoms. The lowest BCUT2D eigenvalue weighted by atomic mass is 9.96. The summed E-state index contributed by atoms with van der Waals surface area (Å²) in [7, 11) is 0. The minimum absolute atomic E-state index is 0.0403. The van der Waals surface area contributed by atoms with Gasteiger partial charge in [0, 0.05) is 5.56 Å². The van der Waals surface area contributed by atoms with E-state index in [1.807, 2.05) is 0 Å². The first-order chi connectivity index (χ1) is 10.2.